The third-order valence-electron chi connectivity index (χ3n) is 4.28. The molecule has 0 radical (unpaired) electrons. The van der Waals surface area contributed by atoms with Gasteiger partial charge in [0.1, 0.15) is 5.60 Å². The quantitative estimate of drug-likeness (QED) is 0.893. The molecule has 5 nitrogen and oxygen atoms in total. The Bertz CT molecular complexity index is 546. The Hall–Kier alpha value is -1.33. The number of hydrogen-bond donors (Lipinski definition) is 1. The van der Waals surface area contributed by atoms with Crippen molar-refractivity contribution in [2.45, 2.75) is 57.7 Å². The van der Waals surface area contributed by atoms with Crippen LogP contribution in [0.1, 0.15) is 52.1 Å². The van der Waals surface area contributed by atoms with Crippen molar-refractivity contribution in [2.24, 2.45) is 0 Å². The van der Waals surface area contributed by atoms with Crippen LogP contribution in [0.4, 0.5) is 4.79 Å². The minimum atomic E-state index is -0.876. The fourth-order valence-electron chi connectivity index (χ4n) is 2.75. The molecule has 1 aromatic rings. The first-order valence-corrected chi connectivity index (χ1v) is 8.30. The monoisotopic (exact) mass is 340 g/mol. The lowest BCUT2D eigenvalue weighted by Crippen LogP contribution is -2.50. The lowest BCUT2D eigenvalue weighted by molar-refractivity contribution is -0.0459. The molecule has 1 aliphatic rings. The maximum Gasteiger partial charge on any atom is 0.410 e. The first kappa shape index (κ1) is 18.0. The van der Waals surface area contributed by atoms with Gasteiger partial charge in [0, 0.05) is 30.9 Å². The maximum absolute atomic E-state index is 12.1. The van der Waals surface area contributed by atoms with Crippen molar-refractivity contribution < 1.29 is 14.6 Å². The van der Waals surface area contributed by atoms with Crippen molar-refractivity contribution in [3.63, 3.8) is 0 Å². The topological polar surface area (TPSA) is 62.7 Å². The van der Waals surface area contributed by atoms with E-state index < -0.39 is 11.2 Å². The smallest absolute Gasteiger partial charge is 0.410 e. The van der Waals surface area contributed by atoms with Crippen molar-refractivity contribution in [3.05, 3.63) is 29.0 Å². The molecular formula is C17H25ClN2O3. The Kier molecular flexibility index (Phi) is 5.21. The van der Waals surface area contributed by atoms with Crippen molar-refractivity contribution >= 4 is 17.7 Å². The standard InChI is InChI=1S/C17H25ClN2O3/c1-12(14-6-5-13(18)11-19-14)17(22)7-9-20(10-8-17)15(21)23-16(2,3)4/h5-6,11-12,22H,7-10H2,1-4H3/t12-/m0/s1. The van der Waals surface area contributed by atoms with Crippen LogP contribution in [0, 0.1) is 0 Å². The number of pyridine rings is 1. The molecule has 0 saturated carbocycles. The van der Waals surface area contributed by atoms with Gasteiger partial charge in [-0.15, -0.1) is 0 Å². The number of ether oxygens (including phenoxy) is 1. The molecule has 2 heterocycles. The highest BCUT2D eigenvalue weighted by Gasteiger charge is 2.40. The summed E-state index contributed by atoms with van der Waals surface area (Å²) < 4.78 is 5.38. The molecule has 128 valence electrons. The number of likely N-dealkylation sites (tertiary alicyclic amines) is 1. The van der Waals surface area contributed by atoms with Gasteiger partial charge in [0.05, 0.1) is 10.6 Å². The first-order valence-electron chi connectivity index (χ1n) is 7.92. The van der Waals surface area contributed by atoms with E-state index in [9.17, 15) is 9.90 Å². The maximum atomic E-state index is 12.1. The number of aromatic nitrogens is 1. The summed E-state index contributed by atoms with van der Waals surface area (Å²) in [5, 5.41) is 11.5. The minimum absolute atomic E-state index is 0.124. The average Bonchev–Trinajstić information content (AvgIpc) is 2.46. The van der Waals surface area contributed by atoms with E-state index in [0.717, 1.165) is 5.69 Å². The first-order chi connectivity index (χ1) is 10.6. The van der Waals surface area contributed by atoms with E-state index in [4.69, 9.17) is 16.3 Å². The molecule has 1 N–H and O–H groups in total. The summed E-state index contributed by atoms with van der Waals surface area (Å²) in [6.07, 6.45) is 2.26. The van der Waals surface area contributed by atoms with E-state index in [1.165, 1.54) is 0 Å². The highest BCUT2D eigenvalue weighted by molar-refractivity contribution is 6.30. The van der Waals surface area contributed by atoms with Gasteiger partial charge in [0.2, 0.25) is 0 Å². The van der Waals surface area contributed by atoms with Gasteiger partial charge in [-0.1, -0.05) is 18.5 Å². The number of carbonyl (C=O) groups is 1. The third kappa shape index (κ3) is 4.58. The van der Waals surface area contributed by atoms with E-state index >= 15 is 0 Å². The van der Waals surface area contributed by atoms with Crippen LogP contribution < -0.4 is 0 Å². The molecule has 1 atom stereocenters. The summed E-state index contributed by atoms with van der Waals surface area (Å²) in [4.78, 5) is 18.1. The van der Waals surface area contributed by atoms with Gasteiger partial charge < -0.3 is 14.7 Å². The Morgan fingerprint density at radius 3 is 2.48 bits per heavy atom. The second-order valence-electron chi connectivity index (χ2n) is 7.19. The fourth-order valence-corrected chi connectivity index (χ4v) is 2.87. The summed E-state index contributed by atoms with van der Waals surface area (Å²) in [5.41, 5.74) is -0.576. The number of nitrogens with zero attached hydrogens (tertiary/aromatic N) is 2. The van der Waals surface area contributed by atoms with Gasteiger partial charge in [-0.3, -0.25) is 4.98 Å². The summed E-state index contributed by atoms with van der Waals surface area (Å²) in [6, 6.07) is 3.62. The van der Waals surface area contributed by atoms with Crippen molar-refractivity contribution in [2.75, 3.05) is 13.1 Å². The number of amides is 1. The van der Waals surface area contributed by atoms with Crippen LogP contribution in [0.15, 0.2) is 18.3 Å². The van der Waals surface area contributed by atoms with Crippen LogP contribution >= 0.6 is 11.6 Å². The fraction of sp³-hybridized carbons (Fsp3) is 0.647. The molecule has 1 amide bonds. The zero-order valence-electron chi connectivity index (χ0n) is 14.2. The molecule has 0 unspecified atom stereocenters. The van der Waals surface area contributed by atoms with Crippen molar-refractivity contribution in [1.82, 2.24) is 9.88 Å². The molecule has 0 bridgehead atoms. The summed E-state index contributed by atoms with van der Waals surface area (Å²) in [5.74, 6) is -0.124. The van der Waals surface area contributed by atoms with Crippen LogP contribution in [0.2, 0.25) is 5.02 Å². The van der Waals surface area contributed by atoms with Gasteiger partial charge >= 0.3 is 6.09 Å². The number of piperidine rings is 1. The van der Waals surface area contributed by atoms with E-state index in [1.54, 1.807) is 17.2 Å². The second kappa shape index (κ2) is 6.65. The Morgan fingerprint density at radius 1 is 1.39 bits per heavy atom. The molecule has 0 aliphatic carbocycles. The molecule has 1 aromatic heterocycles. The number of hydrogen-bond acceptors (Lipinski definition) is 4. The van der Waals surface area contributed by atoms with E-state index in [1.807, 2.05) is 33.8 Å². The molecule has 23 heavy (non-hydrogen) atoms. The predicted molar refractivity (Wildman–Crippen MR) is 89.7 cm³/mol. The molecule has 1 aliphatic heterocycles. The van der Waals surface area contributed by atoms with Gasteiger partial charge in [-0.25, -0.2) is 4.79 Å². The van der Waals surface area contributed by atoms with E-state index in [0.29, 0.717) is 31.0 Å². The minimum Gasteiger partial charge on any atom is -0.444 e. The van der Waals surface area contributed by atoms with Gasteiger partial charge in [-0.05, 0) is 45.7 Å². The second-order valence-corrected chi connectivity index (χ2v) is 7.63. The molecule has 1 saturated heterocycles. The van der Waals surface area contributed by atoms with Crippen molar-refractivity contribution in [1.29, 1.82) is 0 Å². The molecule has 6 heteroatoms. The van der Waals surface area contributed by atoms with Crippen LogP contribution in [0.25, 0.3) is 0 Å². The lowest BCUT2D eigenvalue weighted by Gasteiger charge is -2.41. The number of aliphatic hydroxyl groups is 1. The van der Waals surface area contributed by atoms with Crippen LogP contribution in [-0.4, -0.2) is 45.4 Å². The molecular weight excluding hydrogens is 316 g/mol. The van der Waals surface area contributed by atoms with Gasteiger partial charge in [0.15, 0.2) is 0 Å². The van der Waals surface area contributed by atoms with E-state index in [2.05, 4.69) is 4.98 Å². The highest BCUT2D eigenvalue weighted by Crippen LogP contribution is 2.36. The Labute approximate surface area is 142 Å². The predicted octanol–water partition coefficient (Wildman–Crippen LogP) is 3.60. The molecule has 1 fully saturated rings. The SMILES string of the molecule is C[C@@H](c1ccc(Cl)cn1)C1(O)CCN(C(=O)OC(C)(C)C)CC1. The van der Waals surface area contributed by atoms with Crippen LogP contribution in [0.3, 0.4) is 0 Å². The van der Waals surface area contributed by atoms with E-state index in [-0.39, 0.29) is 12.0 Å². The van der Waals surface area contributed by atoms with Crippen LogP contribution in [0.5, 0.6) is 0 Å². The highest BCUT2D eigenvalue weighted by atomic mass is 35.5. The molecule has 2 rings (SSSR count). The molecule has 0 spiro atoms. The number of carbonyl (C=O) groups excluding carboxylic acids is 1. The summed E-state index contributed by atoms with van der Waals surface area (Å²) in [7, 11) is 0. The Morgan fingerprint density at radius 2 is 2.00 bits per heavy atom. The largest absolute Gasteiger partial charge is 0.444 e. The third-order valence-corrected chi connectivity index (χ3v) is 4.50. The number of rotatable bonds is 2. The van der Waals surface area contributed by atoms with Gasteiger partial charge in [0.25, 0.3) is 0 Å². The van der Waals surface area contributed by atoms with Crippen LogP contribution in [-0.2, 0) is 4.74 Å². The zero-order valence-corrected chi connectivity index (χ0v) is 14.9. The number of halogens is 1. The summed E-state index contributed by atoms with van der Waals surface area (Å²) in [6.45, 7) is 8.45. The Balaban J connectivity index is 1.99. The lowest BCUT2D eigenvalue weighted by atomic mass is 9.78. The zero-order chi connectivity index (χ0) is 17.3. The normalized spacial score (nSPS) is 19.3. The van der Waals surface area contributed by atoms with Gasteiger partial charge in [-0.2, -0.15) is 0 Å². The summed E-state index contributed by atoms with van der Waals surface area (Å²) >= 11 is 5.86. The average molecular weight is 341 g/mol. The molecule has 0 aromatic carbocycles. The van der Waals surface area contributed by atoms with Crippen molar-refractivity contribution in [3.8, 4) is 0 Å².